The lowest BCUT2D eigenvalue weighted by Crippen LogP contribution is -2.49. The molecule has 3 rings (SSSR count). The van der Waals surface area contributed by atoms with Gasteiger partial charge in [-0.3, -0.25) is 29.4 Å². The van der Waals surface area contributed by atoms with Crippen LogP contribution in [0.5, 0.6) is 0 Å². The van der Waals surface area contributed by atoms with Gasteiger partial charge in [-0.15, -0.1) is 0 Å². The highest BCUT2D eigenvalue weighted by atomic mass is 16.5. The van der Waals surface area contributed by atoms with E-state index in [1.165, 1.54) is 0 Å². The number of nitrogens with two attached hydrogens (primary N) is 1. The second kappa shape index (κ2) is 12.4. The third-order valence-corrected chi connectivity index (χ3v) is 5.27. The van der Waals surface area contributed by atoms with Gasteiger partial charge in [0.1, 0.15) is 6.04 Å². The molecule has 1 fully saturated rings. The Hall–Kier alpha value is -2.86. The molecule has 4 amide bonds. The van der Waals surface area contributed by atoms with Crippen LogP contribution >= 0.6 is 0 Å². The molecule has 180 valence electrons. The minimum atomic E-state index is -0.999. The van der Waals surface area contributed by atoms with Gasteiger partial charge in [0, 0.05) is 25.2 Å². The van der Waals surface area contributed by atoms with Gasteiger partial charge < -0.3 is 25.3 Å². The first-order chi connectivity index (χ1) is 16.0. The summed E-state index contributed by atoms with van der Waals surface area (Å²) < 4.78 is 16.1. The van der Waals surface area contributed by atoms with Crippen LogP contribution in [0.25, 0.3) is 0 Å². The number of carbonyl (C=O) groups is 4. The smallest absolute Gasteiger partial charge is 0.264 e. The van der Waals surface area contributed by atoms with Crippen LogP contribution in [-0.4, -0.2) is 87.3 Å². The Labute approximate surface area is 191 Å². The lowest BCUT2D eigenvalue weighted by Gasteiger charge is -2.23. The number of imide groups is 2. The van der Waals surface area contributed by atoms with Crippen LogP contribution in [0.1, 0.15) is 40.0 Å². The standard InChI is InChI=1S/C22H30N4O7/c23-7-9-31-11-13-33-14-12-32-10-8-24-16-4-1-3-15-19(16)22(30)26(21(15)29)17-5-2-6-18(27)25-20(17)28/h1,3-4,17,24H,2,5-14,23H2,(H,25,27,28)/t17-/m0/s1. The summed E-state index contributed by atoms with van der Waals surface area (Å²) in [5.41, 5.74) is 6.28. The lowest BCUT2D eigenvalue weighted by molar-refractivity contribution is -0.131. The van der Waals surface area contributed by atoms with Crippen LogP contribution in [0.4, 0.5) is 5.69 Å². The predicted octanol–water partition coefficient (Wildman–Crippen LogP) is -0.102. The van der Waals surface area contributed by atoms with Crippen molar-refractivity contribution in [1.82, 2.24) is 10.2 Å². The van der Waals surface area contributed by atoms with E-state index in [2.05, 4.69) is 10.6 Å². The monoisotopic (exact) mass is 462 g/mol. The number of nitrogens with zero attached hydrogens (tertiary/aromatic N) is 1. The van der Waals surface area contributed by atoms with Gasteiger partial charge in [0.2, 0.25) is 11.8 Å². The van der Waals surface area contributed by atoms with E-state index in [9.17, 15) is 19.2 Å². The molecule has 2 heterocycles. The average molecular weight is 463 g/mol. The molecular formula is C22H30N4O7. The number of carbonyl (C=O) groups excluding carboxylic acids is 4. The summed E-state index contributed by atoms with van der Waals surface area (Å²) in [6, 6.07) is 3.94. The molecule has 0 saturated carbocycles. The van der Waals surface area contributed by atoms with E-state index in [1.54, 1.807) is 18.2 Å². The van der Waals surface area contributed by atoms with Crippen LogP contribution in [-0.2, 0) is 23.8 Å². The molecule has 0 radical (unpaired) electrons. The highest BCUT2D eigenvalue weighted by molar-refractivity contribution is 6.25. The highest BCUT2D eigenvalue weighted by Crippen LogP contribution is 2.32. The Morgan fingerprint density at radius 2 is 1.67 bits per heavy atom. The molecule has 11 nitrogen and oxygen atoms in total. The van der Waals surface area contributed by atoms with Gasteiger partial charge in [-0.25, -0.2) is 0 Å². The molecule has 1 aromatic carbocycles. The molecule has 11 heteroatoms. The highest BCUT2D eigenvalue weighted by Gasteiger charge is 2.44. The van der Waals surface area contributed by atoms with Crippen LogP contribution in [0.15, 0.2) is 18.2 Å². The fourth-order valence-corrected chi connectivity index (χ4v) is 3.73. The molecule has 0 aromatic heterocycles. The molecule has 1 saturated heterocycles. The number of anilines is 1. The van der Waals surface area contributed by atoms with E-state index < -0.39 is 29.7 Å². The molecule has 0 bridgehead atoms. The number of amides is 4. The normalized spacial score (nSPS) is 18.3. The molecule has 1 aromatic rings. The largest absolute Gasteiger partial charge is 0.382 e. The van der Waals surface area contributed by atoms with Gasteiger partial charge in [-0.05, 0) is 25.0 Å². The zero-order valence-corrected chi connectivity index (χ0v) is 18.5. The molecule has 2 aliphatic rings. The molecule has 33 heavy (non-hydrogen) atoms. The van der Waals surface area contributed by atoms with Gasteiger partial charge in [0.15, 0.2) is 0 Å². The third-order valence-electron chi connectivity index (χ3n) is 5.27. The number of hydrogen-bond donors (Lipinski definition) is 3. The lowest BCUT2D eigenvalue weighted by atomic mass is 10.1. The zero-order chi connectivity index (χ0) is 23.6. The predicted molar refractivity (Wildman–Crippen MR) is 118 cm³/mol. The second-order valence-corrected chi connectivity index (χ2v) is 7.58. The van der Waals surface area contributed by atoms with Crippen molar-refractivity contribution in [2.75, 3.05) is 58.0 Å². The van der Waals surface area contributed by atoms with Crippen molar-refractivity contribution >= 4 is 29.3 Å². The number of rotatable bonds is 13. The topological polar surface area (TPSA) is 149 Å². The first-order valence-corrected chi connectivity index (χ1v) is 11.1. The minimum Gasteiger partial charge on any atom is -0.382 e. The fourth-order valence-electron chi connectivity index (χ4n) is 3.73. The summed E-state index contributed by atoms with van der Waals surface area (Å²) in [6.07, 6.45) is 0.856. The summed E-state index contributed by atoms with van der Waals surface area (Å²) in [4.78, 5) is 51.0. The van der Waals surface area contributed by atoms with Crippen LogP contribution < -0.4 is 16.4 Å². The van der Waals surface area contributed by atoms with Gasteiger partial charge in [0.05, 0.1) is 50.8 Å². The summed E-state index contributed by atoms with van der Waals surface area (Å²) in [5.74, 6) is -2.09. The van der Waals surface area contributed by atoms with E-state index in [-0.39, 0.29) is 24.0 Å². The van der Waals surface area contributed by atoms with Crippen LogP contribution in [0.3, 0.4) is 0 Å². The van der Waals surface area contributed by atoms with E-state index in [0.717, 1.165) is 4.90 Å². The number of ether oxygens (including phenoxy) is 3. The summed E-state index contributed by atoms with van der Waals surface area (Å²) in [5, 5.41) is 5.37. The Balaban J connectivity index is 1.49. The molecule has 0 unspecified atom stereocenters. The van der Waals surface area contributed by atoms with Gasteiger partial charge in [0.25, 0.3) is 11.8 Å². The van der Waals surface area contributed by atoms with Crippen molar-refractivity contribution < 1.29 is 33.4 Å². The molecule has 4 N–H and O–H groups in total. The van der Waals surface area contributed by atoms with Gasteiger partial charge in [-0.2, -0.15) is 0 Å². The molecule has 0 aliphatic carbocycles. The quantitative estimate of drug-likeness (QED) is 0.270. The number of nitrogens with one attached hydrogen (secondary N) is 2. The van der Waals surface area contributed by atoms with Gasteiger partial charge >= 0.3 is 0 Å². The van der Waals surface area contributed by atoms with E-state index in [0.29, 0.717) is 64.8 Å². The Kier molecular flexibility index (Phi) is 9.31. The average Bonchev–Trinajstić information content (AvgIpc) is 2.93. The molecular weight excluding hydrogens is 432 g/mol. The van der Waals surface area contributed by atoms with E-state index in [4.69, 9.17) is 19.9 Å². The maximum Gasteiger partial charge on any atom is 0.264 e. The van der Waals surface area contributed by atoms with Gasteiger partial charge in [-0.1, -0.05) is 6.07 Å². The van der Waals surface area contributed by atoms with Crippen molar-refractivity contribution in [2.24, 2.45) is 5.73 Å². The number of hydrogen-bond acceptors (Lipinski definition) is 9. The SMILES string of the molecule is NCCOCCOCCOCCNc1cccc2c1C(=O)N([C@H]1CCCC(=O)NC1=O)C2=O. The number of fused-ring (bicyclic) bond motifs is 1. The fraction of sp³-hybridized carbons (Fsp3) is 0.545. The molecule has 0 spiro atoms. The summed E-state index contributed by atoms with van der Waals surface area (Å²) in [7, 11) is 0. The summed E-state index contributed by atoms with van der Waals surface area (Å²) in [6.45, 7) is 3.57. The van der Waals surface area contributed by atoms with E-state index >= 15 is 0 Å². The Bertz CT molecular complexity index is 876. The van der Waals surface area contributed by atoms with Crippen molar-refractivity contribution in [3.8, 4) is 0 Å². The first-order valence-electron chi connectivity index (χ1n) is 11.1. The van der Waals surface area contributed by atoms with Crippen LogP contribution in [0.2, 0.25) is 0 Å². The maximum atomic E-state index is 13.1. The van der Waals surface area contributed by atoms with Crippen molar-refractivity contribution in [3.05, 3.63) is 29.3 Å². The summed E-state index contributed by atoms with van der Waals surface area (Å²) >= 11 is 0. The van der Waals surface area contributed by atoms with Crippen molar-refractivity contribution in [2.45, 2.75) is 25.3 Å². The third kappa shape index (κ3) is 6.35. The minimum absolute atomic E-state index is 0.186. The van der Waals surface area contributed by atoms with E-state index in [1.807, 2.05) is 0 Å². The van der Waals surface area contributed by atoms with Crippen molar-refractivity contribution in [1.29, 1.82) is 0 Å². The maximum absolute atomic E-state index is 13.1. The number of benzene rings is 1. The zero-order valence-electron chi connectivity index (χ0n) is 18.5. The van der Waals surface area contributed by atoms with Crippen molar-refractivity contribution in [3.63, 3.8) is 0 Å². The Morgan fingerprint density at radius 1 is 0.970 bits per heavy atom. The molecule has 2 aliphatic heterocycles. The first kappa shape index (κ1) is 24.8. The second-order valence-electron chi connectivity index (χ2n) is 7.58. The van der Waals surface area contributed by atoms with Crippen LogP contribution in [0, 0.1) is 0 Å². The Morgan fingerprint density at radius 3 is 2.39 bits per heavy atom. The molecule has 1 atom stereocenters.